The summed E-state index contributed by atoms with van der Waals surface area (Å²) in [5.41, 5.74) is 2.26. The van der Waals surface area contributed by atoms with Crippen LogP contribution in [0.2, 0.25) is 35.3 Å². The molecule has 0 aliphatic rings. The Morgan fingerprint density at radius 1 is 0.560 bits per heavy atom. The normalized spacial score (nSPS) is 11.0. The van der Waals surface area contributed by atoms with Crippen LogP contribution >= 0.6 is 81.2 Å². The van der Waals surface area contributed by atoms with E-state index in [9.17, 15) is 0 Å². The van der Waals surface area contributed by atoms with E-state index in [0.717, 1.165) is 0 Å². The second-order valence-corrected chi connectivity index (χ2v) is 7.83. The van der Waals surface area contributed by atoms with Crippen LogP contribution in [0.15, 0.2) is 36.4 Å². The molecule has 0 amide bonds. The quantitative estimate of drug-likeness (QED) is 0.268. The summed E-state index contributed by atoms with van der Waals surface area (Å²) in [6, 6.07) is 9.93. The average Bonchev–Trinajstić information content (AvgIpc) is 2.54. The van der Waals surface area contributed by atoms with Gasteiger partial charge in [0.1, 0.15) is 5.15 Å². The summed E-state index contributed by atoms with van der Waals surface area (Å²) < 4.78 is 0. The molecule has 0 spiro atoms. The molecular formula is C17H6Cl7N. The molecule has 0 saturated heterocycles. The number of aromatic nitrogens is 1. The smallest absolute Gasteiger partial charge is 0.137 e. The first-order chi connectivity index (χ1) is 11.8. The van der Waals surface area contributed by atoms with Crippen LogP contribution in [0.3, 0.4) is 0 Å². The van der Waals surface area contributed by atoms with Crippen molar-refractivity contribution in [3.8, 4) is 22.4 Å². The first-order valence-electron chi connectivity index (χ1n) is 6.74. The van der Waals surface area contributed by atoms with Crippen LogP contribution in [0.1, 0.15) is 0 Å². The fourth-order valence-electron chi connectivity index (χ4n) is 2.28. The Hall–Kier alpha value is -0.380. The molecule has 0 atom stereocenters. The molecule has 0 bridgehead atoms. The second kappa shape index (κ2) is 7.70. The van der Waals surface area contributed by atoms with Gasteiger partial charge in [0.25, 0.3) is 0 Å². The van der Waals surface area contributed by atoms with Crippen molar-refractivity contribution in [2.45, 2.75) is 0 Å². The molecule has 0 saturated carbocycles. The number of pyridine rings is 1. The summed E-state index contributed by atoms with van der Waals surface area (Å²) >= 11 is 43.1. The minimum Gasteiger partial charge on any atom is -0.235 e. The number of hydrogen-bond acceptors (Lipinski definition) is 1. The Labute approximate surface area is 179 Å². The van der Waals surface area contributed by atoms with E-state index in [-0.39, 0.29) is 5.15 Å². The van der Waals surface area contributed by atoms with Gasteiger partial charge in [-0.05, 0) is 36.4 Å². The highest BCUT2D eigenvalue weighted by atomic mass is 35.5. The topological polar surface area (TPSA) is 12.9 Å². The van der Waals surface area contributed by atoms with Crippen molar-refractivity contribution in [1.29, 1.82) is 0 Å². The van der Waals surface area contributed by atoms with E-state index >= 15 is 0 Å². The van der Waals surface area contributed by atoms with Crippen LogP contribution in [-0.2, 0) is 0 Å². The van der Waals surface area contributed by atoms with Crippen LogP contribution in [0.25, 0.3) is 22.4 Å². The molecule has 25 heavy (non-hydrogen) atoms. The van der Waals surface area contributed by atoms with E-state index in [2.05, 4.69) is 4.98 Å². The lowest BCUT2D eigenvalue weighted by atomic mass is 10.1. The largest absolute Gasteiger partial charge is 0.235 e. The molecule has 0 unspecified atom stereocenters. The number of benzene rings is 2. The minimum absolute atomic E-state index is 0.213. The fourth-order valence-corrected chi connectivity index (χ4v) is 3.94. The summed E-state index contributed by atoms with van der Waals surface area (Å²) in [5, 5.41) is 2.43. The molecule has 1 aromatic heterocycles. The van der Waals surface area contributed by atoms with Crippen molar-refractivity contribution < 1.29 is 0 Å². The molecule has 0 fully saturated rings. The number of rotatable bonds is 2. The Balaban J connectivity index is 2.15. The zero-order valence-electron chi connectivity index (χ0n) is 12.1. The van der Waals surface area contributed by atoms with Gasteiger partial charge in [-0.3, -0.25) is 0 Å². The fraction of sp³-hybridized carbons (Fsp3) is 0. The average molecular weight is 472 g/mol. The Morgan fingerprint density at radius 2 is 1.08 bits per heavy atom. The van der Waals surface area contributed by atoms with Crippen LogP contribution in [0, 0.1) is 0 Å². The van der Waals surface area contributed by atoms with Crippen molar-refractivity contribution in [3.63, 3.8) is 0 Å². The van der Waals surface area contributed by atoms with E-state index in [0.29, 0.717) is 52.5 Å². The van der Waals surface area contributed by atoms with Gasteiger partial charge in [0, 0.05) is 26.7 Å². The lowest BCUT2D eigenvalue weighted by Gasteiger charge is -2.11. The zero-order valence-corrected chi connectivity index (χ0v) is 17.3. The van der Waals surface area contributed by atoms with Crippen LogP contribution in [0.4, 0.5) is 0 Å². The molecule has 0 aliphatic carbocycles. The van der Waals surface area contributed by atoms with Gasteiger partial charge in [0.05, 0.1) is 25.8 Å². The Morgan fingerprint density at radius 3 is 1.64 bits per heavy atom. The number of nitrogens with zero attached hydrogens (tertiary/aromatic N) is 1. The first kappa shape index (κ1) is 19.4. The van der Waals surface area contributed by atoms with E-state index in [1.807, 2.05) is 0 Å². The van der Waals surface area contributed by atoms with Gasteiger partial charge >= 0.3 is 0 Å². The maximum Gasteiger partial charge on any atom is 0.137 e. The molecular weight excluding hydrogens is 466 g/mol. The molecule has 3 aromatic rings. The zero-order chi connectivity index (χ0) is 18.3. The van der Waals surface area contributed by atoms with Crippen LogP contribution in [0.5, 0.6) is 0 Å². The first-order valence-corrected chi connectivity index (χ1v) is 9.39. The molecule has 0 radical (unpaired) electrons. The molecule has 0 N–H and O–H groups in total. The third-order valence-electron chi connectivity index (χ3n) is 3.40. The monoisotopic (exact) mass is 469 g/mol. The van der Waals surface area contributed by atoms with E-state index in [1.165, 1.54) is 0 Å². The molecule has 1 nitrogen and oxygen atoms in total. The maximum atomic E-state index is 6.36. The number of halogens is 7. The van der Waals surface area contributed by atoms with Gasteiger partial charge in [-0.2, -0.15) is 0 Å². The highest BCUT2D eigenvalue weighted by Gasteiger charge is 2.16. The summed E-state index contributed by atoms with van der Waals surface area (Å²) in [5.74, 6) is 0. The lowest BCUT2D eigenvalue weighted by molar-refractivity contribution is 1.32. The molecule has 1 heterocycles. The Bertz CT molecular complexity index is 985. The predicted molar refractivity (Wildman–Crippen MR) is 110 cm³/mol. The van der Waals surface area contributed by atoms with Crippen molar-refractivity contribution in [1.82, 2.24) is 4.98 Å². The Kier molecular flexibility index (Phi) is 5.97. The SMILES string of the molecule is Clc1cc(Cl)c(Cl)c(-c2ccc(-c3cc(Cl)cc(Cl)c3Cl)c(Cl)n2)c1. The molecule has 128 valence electrons. The van der Waals surface area contributed by atoms with Gasteiger partial charge in [-0.15, -0.1) is 0 Å². The van der Waals surface area contributed by atoms with Gasteiger partial charge in [0.15, 0.2) is 0 Å². The molecule has 0 aliphatic heterocycles. The highest BCUT2D eigenvalue weighted by molar-refractivity contribution is 6.46. The standard InChI is InChI=1S/C17H6Cl7N/c18-7-3-10(15(22)12(20)5-7)9-1-2-14(25-17(9)24)11-4-8(19)6-13(21)16(11)23/h1-6H. The van der Waals surface area contributed by atoms with Gasteiger partial charge in [-0.25, -0.2) is 4.98 Å². The van der Waals surface area contributed by atoms with Gasteiger partial charge in [0.2, 0.25) is 0 Å². The third-order valence-corrected chi connectivity index (χ3v) is 5.73. The van der Waals surface area contributed by atoms with Crippen LogP contribution in [-0.4, -0.2) is 4.98 Å². The van der Waals surface area contributed by atoms with E-state index in [1.54, 1.807) is 36.4 Å². The van der Waals surface area contributed by atoms with Crippen molar-refractivity contribution in [2.75, 3.05) is 0 Å². The maximum absolute atomic E-state index is 6.36. The van der Waals surface area contributed by atoms with Crippen molar-refractivity contribution >= 4 is 81.2 Å². The van der Waals surface area contributed by atoms with Crippen molar-refractivity contribution in [2.24, 2.45) is 0 Å². The summed E-state index contributed by atoms with van der Waals surface area (Å²) in [7, 11) is 0. The lowest BCUT2D eigenvalue weighted by Crippen LogP contribution is -1.91. The molecule has 8 heteroatoms. The second-order valence-electron chi connectivity index (χ2n) is 5.03. The van der Waals surface area contributed by atoms with Gasteiger partial charge in [-0.1, -0.05) is 81.2 Å². The molecule has 3 rings (SSSR count). The third kappa shape index (κ3) is 3.99. The number of hydrogen-bond donors (Lipinski definition) is 0. The summed E-state index contributed by atoms with van der Waals surface area (Å²) in [4.78, 5) is 4.38. The molecule has 2 aromatic carbocycles. The minimum atomic E-state index is 0.213. The summed E-state index contributed by atoms with van der Waals surface area (Å²) in [6.07, 6.45) is 0. The summed E-state index contributed by atoms with van der Waals surface area (Å²) in [6.45, 7) is 0. The van der Waals surface area contributed by atoms with E-state index < -0.39 is 0 Å². The van der Waals surface area contributed by atoms with Crippen LogP contribution < -0.4 is 0 Å². The van der Waals surface area contributed by atoms with Gasteiger partial charge < -0.3 is 0 Å². The van der Waals surface area contributed by atoms with E-state index in [4.69, 9.17) is 81.2 Å². The van der Waals surface area contributed by atoms with Crippen molar-refractivity contribution in [3.05, 3.63) is 71.7 Å². The predicted octanol–water partition coefficient (Wildman–Crippen LogP) is 8.99. The highest BCUT2D eigenvalue weighted by Crippen LogP contribution is 2.41.